The number of hydrogen-bond donors (Lipinski definition) is 0. The summed E-state index contributed by atoms with van der Waals surface area (Å²) in [5.74, 6) is 1.68. The lowest BCUT2D eigenvalue weighted by molar-refractivity contribution is 0.222. The number of nitrogens with zero attached hydrogens (tertiary/aromatic N) is 4. The second-order valence-corrected chi connectivity index (χ2v) is 10.6. The summed E-state index contributed by atoms with van der Waals surface area (Å²) in [6, 6.07) is 10.4. The van der Waals surface area contributed by atoms with Gasteiger partial charge in [0, 0.05) is 30.2 Å². The van der Waals surface area contributed by atoms with Crippen molar-refractivity contribution in [2.75, 3.05) is 13.1 Å². The van der Waals surface area contributed by atoms with Gasteiger partial charge in [-0.15, -0.1) is 0 Å². The van der Waals surface area contributed by atoms with Gasteiger partial charge in [-0.1, -0.05) is 25.1 Å². The number of hydrogen-bond acceptors (Lipinski definition) is 7. The predicted octanol–water partition coefficient (Wildman–Crippen LogP) is 4.52. The van der Waals surface area contributed by atoms with Crippen molar-refractivity contribution >= 4 is 21.0 Å². The van der Waals surface area contributed by atoms with Crippen LogP contribution in [0.15, 0.2) is 56.4 Å². The predicted molar refractivity (Wildman–Crippen MR) is 119 cm³/mol. The number of aromatic nitrogens is 3. The highest BCUT2D eigenvalue weighted by atomic mass is 32.2. The Hall–Kier alpha value is -3.04. The van der Waals surface area contributed by atoms with Crippen LogP contribution >= 0.6 is 0 Å². The SMILES string of the molecule is Cc1c(-c2nc(-c3ccccn3)no2)oc2ccc(S(=O)(=O)N3C[C@H](C)C[C@H](C)C3)cc12. The Morgan fingerprint density at radius 2 is 1.88 bits per heavy atom. The quantitative estimate of drug-likeness (QED) is 0.448. The first-order chi connectivity index (χ1) is 15.3. The largest absolute Gasteiger partial charge is 0.451 e. The number of aryl methyl sites for hydroxylation is 1. The van der Waals surface area contributed by atoms with Crippen LogP contribution in [0.1, 0.15) is 25.8 Å². The van der Waals surface area contributed by atoms with E-state index < -0.39 is 10.0 Å². The van der Waals surface area contributed by atoms with Crippen LogP contribution in [0, 0.1) is 18.8 Å². The van der Waals surface area contributed by atoms with Gasteiger partial charge in [0.2, 0.25) is 15.8 Å². The average Bonchev–Trinajstić information content (AvgIpc) is 3.38. The summed E-state index contributed by atoms with van der Waals surface area (Å²) in [6.45, 7) is 7.12. The first-order valence-electron chi connectivity index (χ1n) is 10.6. The van der Waals surface area contributed by atoms with E-state index in [0.717, 1.165) is 12.0 Å². The van der Waals surface area contributed by atoms with Crippen molar-refractivity contribution < 1.29 is 17.4 Å². The monoisotopic (exact) mass is 452 g/mol. The van der Waals surface area contributed by atoms with E-state index >= 15 is 0 Å². The van der Waals surface area contributed by atoms with Crippen molar-refractivity contribution in [3.63, 3.8) is 0 Å². The fourth-order valence-electron chi connectivity index (χ4n) is 4.43. The standard InChI is InChI=1S/C23H24N4O4S/c1-14-10-15(2)13-27(12-14)32(28,29)17-7-8-20-18(11-17)16(3)21(30-20)23-25-22(26-31-23)19-6-4-5-9-24-19/h4-9,11,14-15H,10,12-13H2,1-3H3/t14-,15+. The lowest BCUT2D eigenvalue weighted by Crippen LogP contribution is -2.42. The Balaban J connectivity index is 1.51. The van der Waals surface area contributed by atoms with E-state index in [-0.39, 0.29) is 10.8 Å². The number of piperidine rings is 1. The molecule has 0 radical (unpaired) electrons. The van der Waals surface area contributed by atoms with Crippen molar-refractivity contribution in [2.24, 2.45) is 11.8 Å². The highest BCUT2D eigenvalue weighted by Gasteiger charge is 2.32. The summed E-state index contributed by atoms with van der Waals surface area (Å²) in [5, 5.41) is 4.70. The Morgan fingerprint density at radius 1 is 1.09 bits per heavy atom. The molecule has 0 bridgehead atoms. The van der Waals surface area contributed by atoms with Crippen molar-refractivity contribution in [1.29, 1.82) is 0 Å². The Labute approximate surface area is 186 Å². The Kier molecular flexibility index (Phi) is 5.10. The molecule has 1 aliphatic rings. The zero-order valence-corrected chi connectivity index (χ0v) is 19.0. The van der Waals surface area contributed by atoms with Crippen LogP contribution in [0.2, 0.25) is 0 Å². The molecule has 0 spiro atoms. The smallest absolute Gasteiger partial charge is 0.294 e. The van der Waals surface area contributed by atoms with Crippen molar-refractivity contribution in [2.45, 2.75) is 32.1 Å². The minimum absolute atomic E-state index is 0.224. The molecule has 8 nitrogen and oxygen atoms in total. The molecule has 4 aromatic rings. The molecule has 5 rings (SSSR count). The van der Waals surface area contributed by atoms with Crippen molar-refractivity contribution in [1.82, 2.24) is 19.4 Å². The third-order valence-corrected chi connectivity index (χ3v) is 7.72. The fourth-order valence-corrected chi connectivity index (χ4v) is 6.14. The van der Waals surface area contributed by atoms with Gasteiger partial charge < -0.3 is 8.94 Å². The summed E-state index contributed by atoms with van der Waals surface area (Å²) in [5.41, 5.74) is 1.90. The van der Waals surface area contributed by atoms with E-state index in [1.807, 2.05) is 19.1 Å². The van der Waals surface area contributed by atoms with Gasteiger partial charge in [0.25, 0.3) is 5.89 Å². The minimum atomic E-state index is -3.59. The number of fused-ring (bicyclic) bond motifs is 1. The molecule has 9 heteroatoms. The fraction of sp³-hybridized carbons (Fsp3) is 0.348. The summed E-state index contributed by atoms with van der Waals surface area (Å²) in [7, 11) is -3.59. The van der Waals surface area contributed by atoms with Crippen LogP contribution in [0.3, 0.4) is 0 Å². The van der Waals surface area contributed by atoms with Gasteiger partial charge >= 0.3 is 0 Å². The molecule has 1 aromatic carbocycles. The highest BCUT2D eigenvalue weighted by molar-refractivity contribution is 7.89. The molecular weight excluding hydrogens is 428 g/mol. The normalized spacial score (nSPS) is 20.1. The van der Waals surface area contributed by atoms with Gasteiger partial charge in [0.1, 0.15) is 11.3 Å². The van der Waals surface area contributed by atoms with Gasteiger partial charge in [-0.25, -0.2) is 8.42 Å². The molecule has 0 saturated carbocycles. The molecule has 32 heavy (non-hydrogen) atoms. The van der Waals surface area contributed by atoms with E-state index in [2.05, 4.69) is 29.0 Å². The van der Waals surface area contributed by atoms with Crippen LogP contribution in [0.25, 0.3) is 34.1 Å². The van der Waals surface area contributed by atoms with E-state index in [4.69, 9.17) is 8.94 Å². The summed E-state index contributed by atoms with van der Waals surface area (Å²) >= 11 is 0. The van der Waals surface area contributed by atoms with Gasteiger partial charge in [0.05, 0.1) is 4.90 Å². The molecule has 2 atom stereocenters. The van der Waals surface area contributed by atoms with E-state index in [9.17, 15) is 8.42 Å². The second-order valence-electron chi connectivity index (χ2n) is 8.62. The second kappa shape index (κ2) is 7.83. The molecule has 1 fully saturated rings. The topological polar surface area (TPSA) is 102 Å². The van der Waals surface area contributed by atoms with Crippen LogP contribution in [0.4, 0.5) is 0 Å². The Morgan fingerprint density at radius 3 is 2.59 bits per heavy atom. The molecule has 0 N–H and O–H groups in total. The molecule has 3 aromatic heterocycles. The third kappa shape index (κ3) is 3.61. The van der Waals surface area contributed by atoms with E-state index in [0.29, 0.717) is 53.2 Å². The molecule has 0 amide bonds. The maximum Gasteiger partial charge on any atom is 0.294 e. The lowest BCUT2D eigenvalue weighted by Gasteiger charge is -2.34. The van der Waals surface area contributed by atoms with Gasteiger partial charge in [0.15, 0.2) is 5.76 Å². The zero-order valence-electron chi connectivity index (χ0n) is 18.1. The third-order valence-electron chi connectivity index (χ3n) is 5.90. The van der Waals surface area contributed by atoms with Gasteiger partial charge in [-0.2, -0.15) is 9.29 Å². The summed E-state index contributed by atoms with van der Waals surface area (Å²) in [6.07, 6.45) is 2.70. The Bertz CT molecular complexity index is 1370. The average molecular weight is 453 g/mol. The molecule has 166 valence electrons. The van der Waals surface area contributed by atoms with Gasteiger partial charge in [-0.05, 0) is 55.5 Å². The van der Waals surface area contributed by atoms with E-state index in [1.54, 1.807) is 34.8 Å². The minimum Gasteiger partial charge on any atom is -0.451 e. The number of furan rings is 1. The van der Waals surface area contributed by atoms with Crippen LogP contribution in [0.5, 0.6) is 0 Å². The highest BCUT2D eigenvalue weighted by Crippen LogP contribution is 2.35. The number of rotatable bonds is 4. The molecule has 0 unspecified atom stereocenters. The van der Waals surface area contributed by atoms with Crippen LogP contribution in [-0.2, 0) is 10.0 Å². The van der Waals surface area contributed by atoms with Crippen molar-refractivity contribution in [3.8, 4) is 23.2 Å². The van der Waals surface area contributed by atoms with Crippen LogP contribution < -0.4 is 0 Å². The summed E-state index contributed by atoms with van der Waals surface area (Å²) < 4.78 is 39.6. The number of benzene rings is 1. The van der Waals surface area contributed by atoms with Crippen LogP contribution in [-0.4, -0.2) is 40.9 Å². The number of pyridine rings is 1. The molecular formula is C23H24N4O4S. The first kappa shape index (κ1) is 20.8. The lowest BCUT2D eigenvalue weighted by atomic mass is 9.94. The summed E-state index contributed by atoms with van der Waals surface area (Å²) in [4.78, 5) is 8.90. The molecule has 1 saturated heterocycles. The number of sulfonamides is 1. The van der Waals surface area contributed by atoms with Gasteiger partial charge in [-0.3, -0.25) is 4.98 Å². The maximum atomic E-state index is 13.3. The molecule has 1 aliphatic heterocycles. The maximum absolute atomic E-state index is 13.3. The molecule has 4 heterocycles. The first-order valence-corrected chi connectivity index (χ1v) is 12.1. The zero-order chi connectivity index (χ0) is 22.5. The van der Waals surface area contributed by atoms with Crippen molar-refractivity contribution in [3.05, 3.63) is 48.2 Å². The molecule has 0 aliphatic carbocycles. The van der Waals surface area contributed by atoms with E-state index in [1.165, 1.54) is 0 Å².